The van der Waals surface area contributed by atoms with Crippen LogP contribution < -0.4 is 9.46 Å². The number of nitriles is 1. The molecule has 3 rings (SSSR count). The highest BCUT2D eigenvalue weighted by Crippen LogP contribution is 2.33. The van der Waals surface area contributed by atoms with Crippen molar-refractivity contribution < 1.29 is 18.8 Å². The molecule has 3 aromatic rings. The lowest BCUT2D eigenvalue weighted by Crippen LogP contribution is -2.06. The maximum atomic E-state index is 12.7. The Kier molecular flexibility index (Phi) is 7.63. The molecule has 0 amide bonds. The number of nitrogens with zero attached hydrogens (tertiary/aromatic N) is 1. The number of phenols is 1. The van der Waals surface area contributed by atoms with Gasteiger partial charge < -0.3 is 14.6 Å². The van der Waals surface area contributed by atoms with Gasteiger partial charge in [0.25, 0.3) is 0 Å². The third-order valence-corrected chi connectivity index (χ3v) is 5.93. The second-order valence-corrected chi connectivity index (χ2v) is 8.46. The lowest BCUT2D eigenvalue weighted by molar-refractivity contribution is 0.101. The molecule has 6 nitrogen and oxygen atoms in total. The fraction of sp³-hybridized carbons (Fsp3) is 0.200. The molecule has 3 aromatic carbocycles. The molecular formula is C25H24N2O4S. The molecule has 32 heavy (non-hydrogen) atoms. The Bertz CT molecular complexity index is 1200. The van der Waals surface area contributed by atoms with E-state index < -0.39 is 11.0 Å². The summed E-state index contributed by atoms with van der Waals surface area (Å²) in [4.78, 5) is 12.3. The molecule has 0 saturated heterocycles. The summed E-state index contributed by atoms with van der Waals surface area (Å²) in [6, 6.07) is 19.3. The van der Waals surface area contributed by atoms with Gasteiger partial charge in [-0.3, -0.25) is 4.79 Å². The normalized spacial score (nSPS) is 11.4. The van der Waals surface area contributed by atoms with Crippen LogP contribution in [-0.2, 0) is 24.0 Å². The second-order valence-electron chi connectivity index (χ2n) is 7.24. The Morgan fingerprint density at radius 1 is 1.16 bits per heavy atom. The van der Waals surface area contributed by atoms with Gasteiger partial charge in [-0.05, 0) is 61.4 Å². The average Bonchev–Trinajstić information content (AvgIpc) is 2.79. The number of Topliss-reactive ketones (excluding diaryl/α,β-unsaturated/α-hetero) is 1. The van der Waals surface area contributed by atoms with E-state index >= 15 is 0 Å². The minimum atomic E-state index is -1.51. The maximum absolute atomic E-state index is 12.7. The van der Waals surface area contributed by atoms with Crippen LogP contribution in [0.5, 0.6) is 11.5 Å². The summed E-state index contributed by atoms with van der Waals surface area (Å²) in [5.41, 5.74) is 2.77. The van der Waals surface area contributed by atoms with Gasteiger partial charge in [0.15, 0.2) is 5.78 Å². The highest BCUT2D eigenvalue weighted by molar-refractivity contribution is 7.86. The molecule has 0 aromatic heterocycles. The Balaban J connectivity index is 1.75. The summed E-state index contributed by atoms with van der Waals surface area (Å²) in [5.74, 6) is 0.289. The van der Waals surface area contributed by atoms with Gasteiger partial charge in [-0.2, -0.15) is 5.26 Å². The van der Waals surface area contributed by atoms with Crippen LogP contribution in [0.1, 0.15) is 47.3 Å². The number of aromatic hydroxyl groups is 1. The lowest BCUT2D eigenvalue weighted by atomic mass is 10.0. The van der Waals surface area contributed by atoms with Crippen molar-refractivity contribution in [3.63, 3.8) is 0 Å². The van der Waals surface area contributed by atoms with Gasteiger partial charge in [0.1, 0.15) is 29.1 Å². The van der Waals surface area contributed by atoms with E-state index in [2.05, 4.69) is 10.8 Å². The Labute approximate surface area is 190 Å². The fourth-order valence-electron chi connectivity index (χ4n) is 3.26. The van der Waals surface area contributed by atoms with Crippen molar-refractivity contribution in [3.8, 4) is 17.6 Å². The molecule has 1 atom stereocenters. The van der Waals surface area contributed by atoms with Gasteiger partial charge in [-0.25, -0.2) is 4.21 Å². The zero-order chi connectivity index (χ0) is 23.1. The zero-order valence-corrected chi connectivity index (χ0v) is 18.7. The first-order valence-electron chi connectivity index (χ1n) is 10.2. The number of hydrogen-bond donors (Lipinski definition) is 2. The third-order valence-electron chi connectivity index (χ3n) is 4.83. The van der Waals surface area contributed by atoms with Crippen LogP contribution in [0.4, 0.5) is 5.69 Å². The first-order valence-corrected chi connectivity index (χ1v) is 11.3. The molecule has 1 unspecified atom stereocenters. The number of ketones is 1. The second kappa shape index (κ2) is 10.6. The van der Waals surface area contributed by atoms with E-state index in [0.29, 0.717) is 33.9 Å². The number of benzene rings is 3. The molecular weight excluding hydrogens is 424 g/mol. The molecule has 0 aliphatic heterocycles. The van der Waals surface area contributed by atoms with Crippen molar-refractivity contribution in [3.05, 3.63) is 82.9 Å². The number of phenolic OH excluding ortho intramolecular Hbond substituents is 1. The number of carbonyl (C=O) groups is 1. The van der Waals surface area contributed by atoms with Crippen molar-refractivity contribution in [2.24, 2.45) is 0 Å². The molecule has 0 aliphatic rings. The Morgan fingerprint density at radius 3 is 2.66 bits per heavy atom. The molecule has 0 spiro atoms. The van der Waals surface area contributed by atoms with E-state index in [1.165, 1.54) is 6.92 Å². The zero-order valence-electron chi connectivity index (χ0n) is 17.9. The van der Waals surface area contributed by atoms with Crippen LogP contribution in [0.25, 0.3) is 0 Å². The Morgan fingerprint density at radius 2 is 1.94 bits per heavy atom. The highest BCUT2D eigenvalue weighted by atomic mass is 32.2. The molecule has 2 N–H and O–H groups in total. The highest BCUT2D eigenvalue weighted by Gasteiger charge is 2.16. The third kappa shape index (κ3) is 5.54. The summed E-state index contributed by atoms with van der Waals surface area (Å²) in [7, 11) is -1.51. The van der Waals surface area contributed by atoms with E-state index in [1.54, 1.807) is 54.6 Å². The number of hydrogen-bond acceptors (Lipinski definition) is 5. The van der Waals surface area contributed by atoms with Crippen LogP contribution in [0, 0.1) is 11.3 Å². The van der Waals surface area contributed by atoms with E-state index in [9.17, 15) is 14.1 Å². The molecule has 164 valence electrons. The quantitative estimate of drug-likeness (QED) is 0.442. The van der Waals surface area contributed by atoms with Crippen molar-refractivity contribution in [1.29, 1.82) is 5.26 Å². The standard InChI is InChI=1S/C25H24N2O4S/c1-3-6-23-24(12-11-22(17(2)28)25(23)29)31-16-19-8-5-10-21(14-19)32(30)27-20-9-4-7-18(13-20)15-26/h4-5,7-14,27,29H,3,6,16H2,1-2H3. The number of rotatable bonds is 9. The predicted octanol–water partition coefficient (Wildman–Crippen LogP) is 5.13. The number of nitrogens with one attached hydrogen (secondary N) is 1. The van der Waals surface area contributed by atoms with E-state index in [-0.39, 0.29) is 23.7 Å². The first-order chi connectivity index (χ1) is 15.4. The van der Waals surface area contributed by atoms with E-state index in [1.807, 2.05) is 13.0 Å². The number of ether oxygens (including phenoxy) is 1. The van der Waals surface area contributed by atoms with Crippen molar-refractivity contribution in [1.82, 2.24) is 0 Å². The largest absolute Gasteiger partial charge is 0.507 e. The first kappa shape index (κ1) is 23.0. The van der Waals surface area contributed by atoms with Crippen molar-refractivity contribution >= 4 is 22.5 Å². The summed E-state index contributed by atoms with van der Waals surface area (Å²) in [5, 5.41) is 19.5. The number of carbonyl (C=O) groups excluding carboxylic acids is 1. The molecule has 0 radical (unpaired) electrons. The molecule has 0 fully saturated rings. The summed E-state index contributed by atoms with van der Waals surface area (Å²) < 4.78 is 21.6. The minimum absolute atomic E-state index is 0.0319. The van der Waals surface area contributed by atoms with Gasteiger partial charge in [-0.15, -0.1) is 0 Å². The summed E-state index contributed by atoms with van der Waals surface area (Å²) in [6.07, 6.45) is 1.37. The molecule has 0 bridgehead atoms. The van der Waals surface area contributed by atoms with Gasteiger partial charge in [0.2, 0.25) is 0 Å². The van der Waals surface area contributed by atoms with Crippen LogP contribution in [0.2, 0.25) is 0 Å². The molecule has 0 heterocycles. The topological polar surface area (TPSA) is 99.4 Å². The van der Waals surface area contributed by atoms with Crippen molar-refractivity contribution in [2.75, 3.05) is 4.72 Å². The molecule has 7 heteroatoms. The average molecular weight is 449 g/mol. The van der Waals surface area contributed by atoms with E-state index in [0.717, 1.165) is 12.0 Å². The van der Waals surface area contributed by atoms with Gasteiger partial charge in [0, 0.05) is 11.3 Å². The van der Waals surface area contributed by atoms with Crippen LogP contribution in [-0.4, -0.2) is 15.1 Å². The van der Waals surface area contributed by atoms with Crippen LogP contribution in [0.3, 0.4) is 0 Å². The Hall–Kier alpha value is -3.63. The SMILES string of the molecule is CCCc1c(OCc2cccc(S(=O)Nc3cccc(C#N)c3)c2)ccc(C(C)=O)c1O. The van der Waals surface area contributed by atoms with Crippen LogP contribution in [0.15, 0.2) is 65.6 Å². The smallest absolute Gasteiger partial charge is 0.163 e. The summed E-state index contributed by atoms with van der Waals surface area (Å²) in [6.45, 7) is 3.62. The lowest BCUT2D eigenvalue weighted by Gasteiger charge is -2.15. The maximum Gasteiger partial charge on any atom is 0.163 e. The molecule has 0 aliphatic carbocycles. The predicted molar refractivity (Wildman–Crippen MR) is 124 cm³/mol. The van der Waals surface area contributed by atoms with Crippen molar-refractivity contribution in [2.45, 2.75) is 38.2 Å². The number of anilines is 1. The minimum Gasteiger partial charge on any atom is -0.507 e. The monoisotopic (exact) mass is 448 g/mol. The summed E-state index contributed by atoms with van der Waals surface area (Å²) >= 11 is 0. The fourth-order valence-corrected chi connectivity index (χ4v) is 4.18. The van der Waals surface area contributed by atoms with Crippen LogP contribution >= 0.6 is 0 Å². The van der Waals surface area contributed by atoms with Gasteiger partial charge in [0.05, 0.1) is 22.1 Å². The molecule has 0 saturated carbocycles. The van der Waals surface area contributed by atoms with E-state index in [4.69, 9.17) is 10.00 Å². The van der Waals surface area contributed by atoms with Gasteiger partial charge >= 0.3 is 0 Å². The van der Waals surface area contributed by atoms with Gasteiger partial charge in [-0.1, -0.05) is 31.5 Å².